The largest absolute Gasteiger partial charge is 0.368 e. The highest BCUT2D eigenvalue weighted by molar-refractivity contribution is 5.87. The van der Waals surface area contributed by atoms with Crippen LogP contribution < -0.4 is 5.73 Å². The first-order chi connectivity index (χ1) is 9.10. The summed E-state index contributed by atoms with van der Waals surface area (Å²) in [4.78, 5) is 25.3. The second-order valence-electron chi connectivity index (χ2n) is 5.67. The van der Waals surface area contributed by atoms with Gasteiger partial charge < -0.3 is 10.6 Å². The summed E-state index contributed by atoms with van der Waals surface area (Å²) in [5.41, 5.74) is 5.48. The van der Waals surface area contributed by atoms with Crippen LogP contribution in [-0.2, 0) is 9.59 Å². The van der Waals surface area contributed by atoms with Gasteiger partial charge >= 0.3 is 0 Å². The van der Waals surface area contributed by atoms with Crippen LogP contribution in [0, 0.1) is 5.92 Å². The van der Waals surface area contributed by atoms with Crippen LogP contribution in [0.4, 0.5) is 0 Å². The van der Waals surface area contributed by atoms with E-state index in [-0.39, 0.29) is 17.9 Å². The number of nitrogens with two attached hydrogens (primary N) is 1. The molecule has 1 aliphatic heterocycles. The smallest absolute Gasteiger partial charge is 0.240 e. The van der Waals surface area contributed by atoms with Crippen LogP contribution in [0.2, 0.25) is 0 Å². The van der Waals surface area contributed by atoms with Crippen LogP contribution in [0.5, 0.6) is 0 Å². The molecule has 2 unspecified atom stereocenters. The van der Waals surface area contributed by atoms with Crippen molar-refractivity contribution in [3.8, 4) is 0 Å². The number of likely N-dealkylation sites (tertiary alicyclic amines) is 1. The Hall–Kier alpha value is -1.06. The highest BCUT2D eigenvalue weighted by atomic mass is 16.2. The van der Waals surface area contributed by atoms with Crippen LogP contribution in [0.3, 0.4) is 0 Å². The minimum atomic E-state index is -0.383. The van der Waals surface area contributed by atoms with Gasteiger partial charge in [0.15, 0.2) is 0 Å². The molecule has 1 heterocycles. The minimum Gasteiger partial charge on any atom is -0.368 e. The third kappa shape index (κ3) is 4.84. The molecule has 19 heavy (non-hydrogen) atoms. The van der Waals surface area contributed by atoms with Crippen molar-refractivity contribution in [3.05, 3.63) is 0 Å². The molecule has 0 radical (unpaired) electrons. The number of carbonyl (C=O) groups is 2. The quantitative estimate of drug-likeness (QED) is 0.653. The Bertz CT molecular complexity index is 305. The molecule has 0 spiro atoms. The lowest BCUT2D eigenvalue weighted by molar-refractivity contribution is -0.136. The fourth-order valence-electron chi connectivity index (χ4n) is 2.93. The van der Waals surface area contributed by atoms with Crippen molar-refractivity contribution in [2.75, 3.05) is 6.54 Å². The van der Waals surface area contributed by atoms with E-state index in [4.69, 9.17) is 5.73 Å². The third-order valence-electron chi connectivity index (χ3n) is 3.97. The molecule has 0 bridgehead atoms. The van der Waals surface area contributed by atoms with Crippen LogP contribution in [0.25, 0.3) is 0 Å². The molecule has 2 amide bonds. The lowest BCUT2D eigenvalue weighted by Gasteiger charge is -2.25. The van der Waals surface area contributed by atoms with Crippen LogP contribution >= 0.6 is 0 Å². The molecule has 0 aliphatic carbocycles. The first kappa shape index (κ1) is 16.0. The number of hydrogen-bond donors (Lipinski definition) is 1. The summed E-state index contributed by atoms with van der Waals surface area (Å²) in [6.07, 6.45) is 7.89. The lowest BCUT2D eigenvalue weighted by atomic mass is 10.0. The molecule has 4 heteroatoms. The summed E-state index contributed by atoms with van der Waals surface area (Å²) >= 11 is 0. The summed E-state index contributed by atoms with van der Waals surface area (Å²) < 4.78 is 0. The maximum absolute atomic E-state index is 12.0. The Morgan fingerprint density at radius 1 is 1.32 bits per heavy atom. The molecule has 1 rings (SSSR count). The van der Waals surface area contributed by atoms with Crippen molar-refractivity contribution in [3.63, 3.8) is 0 Å². The Kier molecular flexibility index (Phi) is 6.89. The van der Waals surface area contributed by atoms with E-state index in [9.17, 15) is 9.59 Å². The van der Waals surface area contributed by atoms with Crippen molar-refractivity contribution in [1.82, 2.24) is 4.90 Å². The van der Waals surface area contributed by atoms with Gasteiger partial charge in [-0.15, -0.1) is 0 Å². The van der Waals surface area contributed by atoms with Gasteiger partial charge in [-0.05, 0) is 18.8 Å². The van der Waals surface area contributed by atoms with Gasteiger partial charge in [-0.3, -0.25) is 9.59 Å². The van der Waals surface area contributed by atoms with Gasteiger partial charge in [0.1, 0.15) is 6.04 Å². The molecule has 4 nitrogen and oxygen atoms in total. The average Bonchev–Trinajstić information content (AvgIpc) is 2.70. The minimum absolute atomic E-state index is 0.109. The topological polar surface area (TPSA) is 63.4 Å². The maximum Gasteiger partial charge on any atom is 0.240 e. The predicted octanol–water partition coefficient (Wildman–Crippen LogP) is 2.46. The second kappa shape index (κ2) is 8.18. The number of unbranched alkanes of at least 4 members (excludes halogenated alkanes) is 3. The van der Waals surface area contributed by atoms with Gasteiger partial charge in [0.05, 0.1) is 0 Å². The molecule has 1 saturated heterocycles. The van der Waals surface area contributed by atoms with Gasteiger partial charge in [0.25, 0.3) is 0 Å². The van der Waals surface area contributed by atoms with Crippen molar-refractivity contribution in [1.29, 1.82) is 0 Å². The highest BCUT2D eigenvalue weighted by Gasteiger charge is 2.35. The van der Waals surface area contributed by atoms with Crippen molar-refractivity contribution in [2.24, 2.45) is 11.7 Å². The molecule has 0 aromatic carbocycles. The lowest BCUT2D eigenvalue weighted by Crippen LogP contribution is -2.45. The predicted molar refractivity (Wildman–Crippen MR) is 76.5 cm³/mol. The van der Waals surface area contributed by atoms with E-state index in [1.807, 2.05) is 0 Å². The van der Waals surface area contributed by atoms with Crippen LogP contribution in [0.15, 0.2) is 0 Å². The number of amides is 2. The first-order valence-electron chi connectivity index (χ1n) is 7.68. The number of hydrogen-bond acceptors (Lipinski definition) is 2. The van der Waals surface area contributed by atoms with E-state index in [1.165, 1.54) is 12.8 Å². The molecule has 0 saturated carbocycles. The summed E-state index contributed by atoms with van der Waals surface area (Å²) in [5.74, 6) is 0.176. The number of rotatable bonds is 9. The van der Waals surface area contributed by atoms with Crippen LogP contribution in [0.1, 0.15) is 65.2 Å². The van der Waals surface area contributed by atoms with E-state index < -0.39 is 0 Å². The monoisotopic (exact) mass is 268 g/mol. The first-order valence-corrected chi connectivity index (χ1v) is 7.68. The molecular formula is C15H28N2O2. The molecular weight excluding hydrogens is 240 g/mol. The molecule has 0 aromatic rings. The zero-order chi connectivity index (χ0) is 14.3. The fraction of sp³-hybridized carbons (Fsp3) is 0.867. The van der Waals surface area contributed by atoms with Gasteiger partial charge in [-0.25, -0.2) is 0 Å². The average molecular weight is 268 g/mol. The zero-order valence-corrected chi connectivity index (χ0v) is 12.4. The summed E-state index contributed by atoms with van der Waals surface area (Å²) in [5, 5.41) is 0. The van der Waals surface area contributed by atoms with E-state index in [1.54, 1.807) is 4.90 Å². The standard InChI is InChI=1S/C15H28N2O2/c1-3-5-6-7-9-13(15(16)19)17-11-12(8-4-2)10-14(17)18/h12-13H,3-11H2,1-2H3,(H2,16,19). The summed E-state index contributed by atoms with van der Waals surface area (Å²) in [7, 11) is 0. The van der Waals surface area contributed by atoms with Crippen LogP contribution in [-0.4, -0.2) is 29.3 Å². The fourth-order valence-corrected chi connectivity index (χ4v) is 2.93. The van der Waals surface area contributed by atoms with Gasteiger partial charge in [-0.2, -0.15) is 0 Å². The van der Waals surface area contributed by atoms with Gasteiger partial charge in [0.2, 0.25) is 11.8 Å². The number of primary amides is 1. The van der Waals surface area contributed by atoms with Gasteiger partial charge in [-0.1, -0.05) is 46.0 Å². The number of carbonyl (C=O) groups excluding carboxylic acids is 2. The molecule has 110 valence electrons. The van der Waals surface area contributed by atoms with E-state index >= 15 is 0 Å². The molecule has 1 fully saturated rings. The summed E-state index contributed by atoms with van der Waals surface area (Å²) in [6, 6.07) is -0.383. The second-order valence-corrected chi connectivity index (χ2v) is 5.67. The molecule has 1 aliphatic rings. The maximum atomic E-state index is 12.0. The Balaban J connectivity index is 2.51. The van der Waals surface area contributed by atoms with E-state index in [2.05, 4.69) is 13.8 Å². The van der Waals surface area contributed by atoms with E-state index in [0.29, 0.717) is 18.9 Å². The van der Waals surface area contributed by atoms with Crippen molar-refractivity contribution < 1.29 is 9.59 Å². The van der Waals surface area contributed by atoms with Gasteiger partial charge in [0, 0.05) is 13.0 Å². The van der Waals surface area contributed by atoms with E-state index in [0.717, 1.165) is 32.1 Å². The Labute approximate surface area is 116 Å². The summed E-state index contributed by atoms with van der Waals surface area (Å²) in [6.45, 7) is 5.00. The SMILES string of the molecule is CCCCCCC(C(N)=O)N1CC(CCC)CC1=O. The molecule has 2 atom stereocenters. The normalized spacial score (nSPS) is 20.8. The molecule has 2 N–H and O–H groups in total. The van der Waals surface area contributed by atoms with Crippen molar-refractivity contribution in [2.45, 2.75) is 71.3 Å². The third-order valence-corrected chi connectivity index (χ3v) is 3.97. The molecule has 0 aromatic heterocycles. The Morgan fingerprint density at radius 3 is 2.63 bits per heavy atom. The van der Waals surface area contributed by atoms with Crippen molar-refractivity contribution >= 4 is 11.8 Å². The number of nitrogens with zero attached hydrogens (tertiary/aromatic N) is 1. The Morgan fingerprint density at radius 2 is 2.05 bits per heavy atom. The zero-order valence-electron chi connectivity index (χ0n) is 12.4. The highest BCUT2D eigenvalue weighted by Crippen LogP contribution is 2.25.